The average Bonchev–Trinajstić information content (AvgIpc) is 3.34. The zero-order valence-electron chi connectivity index (χ0n) is 17.2. The average molecular weight is 479 g/mol. The maximum absolute atomic E-state index is 13.0. The molecule has 12 heteroatoms. The maximum atomic E-state index is 13.0. The van der Waals surface area contributed by atoms with Crippen LogP contribution in [0.4, 0.5) is 18.9 Å². The van der Waals surface area contributed by atoms with Gasteiger partial charge in [-0.15, -0.1) is 5.10 Å². The van der Waals surface area contributed by atoms with Gasteiger partial charge in [-0.05, 0) is 43.2 Å². The molecule has 1 aliphatic heterocycles. The molecule has 1 fully saturated rings. The summed E-state index contributed by atoms with van der Waals surface area (Å²) in [5, 5.41) is 10.5. The van der Waals surface area contributed by atoms with Gasteiger partial charge in [0.1, 0.15) is 0 Å². The zero-order chi connectivity index (χ0) is 23.6. The Labute approximate surface area is 188 Å². The summed E-state index contributed by atoms with van der Waals surface area (Å²) in [6.45, 7) is 0.0583. The first-order valence-electron chi connectivity index (χ1n) is 10.1. The lowest BCUT2D eigenvalue weighted by molar-refractivity contribution is -0.137. The molecule has 1 aromatic heterocycles. The molecule has 0 radical (unpaired) electrons. The first-order chi connectivity index (χ1) is 15.7. The van der Waals surface area contributed by atoms with Crippen LogP contribution in [0.5, 0.6) is 0 Å². The molecule has 0 spiro atoms. The third-order valence-electron chi connectivity index (χ3n) is 5.46. The Bertz CT molecular complexity index is 1240. The van der Waals surface area contributed by atoms with Gasteiger partial charge >= 0.3 is 6.18 Å². The lowest BCUT2D eigenvalue weighted by atomic mass is 9.97. The monoisotopic (exact) mass is 479 g/mol. The lowest BCUT2D eigenvalue weighted by Gasteiger charge is -2.30. The number of halogens is 3. The molecular weight excluding hydrogens is 459 g/mol. The highest BCUT2D eigenvalue weighted by atomic mass is 32.2. The Morgan fingerprint density at radius 3 is 2.45 bits per heavy atom. The molecule has 0 saturated carbocycles. The summed E-state index contributed by atoms with van der Waals surface area (Å²) in [6, 6.07) is 10.7. The predicted octanol–water partition coefficient (Wildman–Crippen LogP) is 3.33. The van der Waals surface area contributed by atoms with Crippen LogP contribution in [0.15, 0.2) is 65.8 Å². The van der Waals surface area contributed by atoms with E-state index in [0.717, 1.165) is 22.5 Å². The lowest BCUT2D eigenvalue weighted by Crippen LogP contribution is -2.41. The quantitative estimate of drug-likeness (QED) is 0.606. The summed E-state index contributed by atoms with van der Waals surface area (Å²) < 4.78 is 67.3. The normalized spacial score (nSPS) is 16.0. The molecule has 1 aliphatic rings. The number of para-hydroxylation sites is 2. The molecule has 3 aromatic rings. The number of nitrogens with zero attached hydrogens (tertiary/aromatic N) is 4. The van der Waals surface area contributed by atoms with Crippen molar-refractivity contribution in [2.45, 2.75) is 23.9 Å². The number of piperidine rings is 1. The highest BCUT2D eigenvalue weighted by Gasteiger charge is 2.35. The van der Waals surface area contributed by atoms with Crippen LogP contribution < -0.4 is 5.32 Å². The number of carbonyl (C=O) groups excluding carboxylic acids is 1. The predicted molar refractivity (Wildman–Crippen MR) is 113 cm³/mol. The van der Waals surface area contributed by atoms with Crippen molar-refractivity contribution in [1.29, 1.82) is 0 Å². The SMILES string of the molecule is O=C(Nc1ccccc1-n1ccnn1)C1CCN(S(=O)(=O)c2cccc(C(F)(F)F)c2)CC1. The number of hydrogen-bond donors (Lipinski definition) is 1. The number of rotatable bonds is 5. The molecule has 4 rings (SSSR count). The molecule has 0 bridgehead atoms. The van der Waals surface area contributed by atoms with Gasteiger partial charge in [0.15, 0.2) is 0 Å². The number of anilines is 1. The Morgan fingerprint density at radius 2 is 1.79 bits per heavy atom. The van der Waals surface area contributed by atoms with Crippen LogP contribution in [-0.2, 0) is 21.0 Å². The fourth-order valence-electron chi connectivity index (χ4n) is 3.69. The van der Waals surface area contributed by atoms with Gasteiger partial charge in [-0.1, -0.05) is 23.4 Å². The molecule has 2 aromatic carbocycles. The zero-order valence-corrected chi connectivity index (χ0v) is 18.1. The van der Waals surface area contributed by atoms with Crippen molar-refractivity contribution in [2.24, 2.45) is 5.92 Å². The topological polar surface area (TPSA) is 97.2 Å². The van der Waals surface area contributed by atoms with E-state index >= 15 is 0 Å². The second-order valence-electron chi connectivity index (χ2n) is 7.56. The van der Waals surface area contributed by atoms with E-state index in [0.29, 0.717) is 17.4 Å². The Hall–Kier alpha value is -3.25. The fourth-order valence-corrected chi connectivity index (χ4v) is 5.21. The fraction of sp³-hybridized carbons (Fsp3) is 0.286. The van der Waals surface area contributed by atoms with Crippen LogP contribution in [0, 0.1) is 5.92 Å². The van der Waals surface area contributed by atoms with Gasteiger partial charge in [0.05, 0.1) is 34.2 Å². The largest absolute Gasteiger partial charge is 0.416 e. The van der Waals surface area contributed by atoms with E-state index in [-0.39, 0.29) is 31.8 Å². The molecule has 1 N–H and O–H groups in total. The number of amides is 1. The van der Waals surface area contributed by atoms with Crippen LogP contribution in [0.25, 0.3) is 5.69 Å². The van der Waals surface area contributed by atoms with E-state index in [1.54, 1.807) is 30.5 Å². The number of nitrogens with one attached hydrogen (secondary N) is 1. The van der Waals surface area contributed by atoms with E-state index < -0.39 is 32.6 Å². The van der Waals surface area contributed by atoms with E-state index in [4.69, 9.17) is 0 Å². The molecule has 0 aliphatic carbocycles. The summed E-state index contributed by atoms with van der Waals surface area (Å²) >= 11 is 0. The highest BCUT2D eigenvalue weighted by molar-refractivity contribution is 7.89. The molecule has 0 atom stereocenters. The number of alkyl halides is 3. The number of carbonyl (C=O) groups is 1. The molecule has 8 nitrogen and oxygen atoms in total. The third-order valence-corrected chi connectivity index (χ3v) is 7.35. The molecule has 1 saturated heterocycles. The first kappa shape index (κ1) is 22.9. The van der Waals surface area contributed by atoms with Gasteiger partial charge in [0, 0.05) is 19.0 Å². The second-order valence-corrected chi connectivity index (χ2v) is 9.50. The molecule has 0 unspecified atom stereocenters. The Balaban J connectivity index is 1.43. The maximum Gasteiger partial charge on any atom is 0.416 e. The van der Waals surface area contributed by atoms with Crippen molar-refractivity contribution in [1.82, 2.24) is 19.3 Å². The smallest absolute Gasteiger partial charge is 0.324 e. The van der Waals surface area contributed by atoms with Gasteiger partial charge in [-0.2, -0.15) is 17.5 Å². The second kappa shape index (κ2) is 8.94. The van der Waals surface area contributed by atoms with Crippen molar-refractivity contribution in [3.8, 4) is 5.69 Å². The summed E-state index contributed by atoms with van der Waals surface area (Å²) in [5.41, 5.74) is 0.142. The molecule has 2 heterocycles. The van der Waals surface area contributed by atoms with Gasteiger partial charge in [-0.25, -0.2) is 13.1 Å². The van der Waals surface area contributed by atoms with Crippen LogP contribution in [0.3, 0.4) is 0 Å². The summed E-state index contributed by atoms with van der Waals surface area (Å²) in [5.74, 6) is -0.708. The van der Waals surface area contributed by atoms with Crippen molar-refractivity contribution in [3.05, 3.63) is 66.5 Å². The van der Waals surface area contributed by atoms with Crippen molar-refractivity contribution in [3.63, 3.8) is 0 Å². The molecule has 1 amide bonds. The standard InChI is InChI=1S/C21H20F3N5O3S/c22-21(23,24)16-4-3-5-17(14-16)33(31,32)28-11-8-15(9-12-28)20(30)26-18-6-1-2-7-19(18)29-13-10-25-27-29/h1-7,10,13-15H,8-9,11-12H2,(H,26,30). The van der Waals surface area contributed by atoms with Gasteiger partial charge in [-0.3, -0.25) is 4.79 Å². The number of sulfonamides is 1. The van der Waals surface area contributed by atoms with Crippen LogP contribution in [0.1, 0.15) is 18.4 Å². The Morgan fingerprint density at radius 1 is 1.06 bits per heavy atom. The van der Waals surface area contributed by atoms with Crippen LogP contribution in [-0.4, -0.2) is 46.7 Å². The van der Waals surface area contributed by atoms with Gasteiger partial charge < -0.3 is 5.32 Å². The van der Waals surface area contributed by atoms with Crippen LogP contribution in [0.2, 0.25) is 0 Å². The summed E-state index contributed by atoms with van der Waals surface area (Å²) in [7, 11) is -4.11. The summed E-state index contributed by atoms with van der Waals surface area (Å²) in [6.07, 6.45) is -0.995. The highest BCUT2D eigenvalue weighted by Crippen LogP contribution is 2.32. The van der Waals surface area contributed by atoms with Crippen molar-refractivity contribution < 1.29 is 26.4 Å². The molecule has 33 heavy (non-hydrogen) atoms. The minimum absolute atomic E-state index is 0.0292. The molecular formula is C21H20F3N5O3S. The van der Waals surface area contributed by atoms with Gasteiger partial charge in [0.25, 0.3) is 0 Å². The summed E-state index contributed by atoms with van der Waals surface area (Å²) in [4.78, 5) is 12.4. The minimum atomic E-state index is -4.64. The van der Waals surface area contributed by atoms with E-state index in [1.165, 1.54) is 10.9 Å². The van der Waals surface area contributed by atoms with E-state index in [2.05, 4.69) is 15.6 Å². The number of hydrogen-bond acceptors (Lipinski definition) is 5. The van der Waals surface area contributed by atoms with E-state index in [1.807, 2.05) is 0 Å². The first-order valence-corrected chi connectivity index (χ1v) is 11.5. The number of aromatic nitrogens is 3. The number of benzene rings is 2. The minimum Gasteiger partial charge on any atom is -0.324 e. The third kappa shape index (κ3) is 4.91. The van der Waals surface area contributed by atoms with Crippen LogP contribution >= 0.6 is 0 Å². The Kier molecular flexibility index (Phi) is 6.21. The van der Waals surface area contributed by atoms with E-state index in [9.17, 15) is 26.4 Å². The molecule has 174 valence electrons. The van der Waals surface area contributed by atoms with Crippen molar-refractivity contribution >= 4 is 21.6 Å². The van der Waals surface area contributed by atoms with Crippen molar-refractivity contribution in [2.75, 3.05) is 18.4 Å². The van der Waals surface area contributed by atoms with Gasteiger partial charge in [0.2, 0.25) is 15.9 Å².